The average molecular weight is 426 g/mol. The molecule has 3 aromatic rings. The topological polar surface area (TPSA) is 93.3 Å². The minimum absolute atomic E-state index is 0.106. The summed E-state index contributed by atoms with van der Waals surface area (Å²) in [6, 6.07) is 11.8. The van der Waals surface area contributed by atoms with Crippen molar-refractivity contribution < 1.29 is 14.2 Å². The van der Waals surface area contributed by atoms with Crippen molar-refractivity contribution in [2.75, 3.05) is 14.2 Å². The van der Waals surface area contributed by atoms with Crippen LogP contribution in [0.1, 0.15) is 17.0 Å². The molecule has 0 radical (unpaired) electrons. The van der Waals surface area contributed by atoms with E-state index in [1.807, 2.05) is 36.5 Å². The SMILES string of the molecule is COc1cc(C2C(C#N)=C(N)Oc3c2ccc2[nH]ccc32)cc(Br)c1OC. The van der Waals surface area contributed by atoms with Crippen molar-refractivity contribution in [1.29, 1.82) is 5.26 Å². The molecule has 2 aromatic carbocycles. The van der Waals surface area contributed by atoms with Crippen molar-refractivity contribution in [2.45, 2.75) is 5.92 Å². The van der Waals surface area contributed by atoms with Gasteiger partial charge in [0.2, 0.25) is 5.88 Å². The zero-order valence-electron chi connectivity index (χ0n) is 14.7. The maximum atomic E-state index is 9.75. The van der Waals surface area contributed by atoms with E-state index >= 15 is 0 Å². The zero-order valence-corrected chi connectivity index (χ0v) is 16.3. The number of hydrogen-bond donors (Lipinski definition) is 2. The first-order valence-electron chi connectivity index (χ1n) is 8.18. The molecular weight excluding hydrogens is 410 g/mol. The standard InChI is InChI=1S/C20H16BrN3O3/c1-25-16-8-10(7-14(21)19(16)26-2)17-12-3-4-15-11(5-6-24-15)18(12)27-20(23)13(17)9-22/h3-8,17,24H,23H2,1-2H3. The molecule has 4 rings (SSSR count). The second-order valence-corrected chi connectivity index (χ2v) is 6.94. The van der Waals surface area contributed by atoms with E-state index in [0.717, 1.165) is 26.5 Å². The molecule has 0 aliphatic carbocycles. The minimum Gasteiger partial charge on any atom is -0.493 e. The minimum atomic E-state index is -0.380. The fourth-order valence-corrected chi connectivity index (χ4v) is 4.12. The van der Waals surface area contributed by atoms with Crippen LogP contribution in [0.25, 0.3) is 10.9 Å². The maximum Gasteiger partial charge on any atom is 0.205 e. The number of nitrogens with two attached hydrogens (primary N) is 1. The molecule has 3 N–H and O–H groups in total. The van der Waals surface area contributed by atoms with Gasteiger partial charge in [-0.25, -0.2) is 0 Å². The smallest absolute Gasteiger partial charge is 0.205 e. The average Bonchev–Trinajstić information content (AvgIpc) is 3.15. The van der Waals surface area contributed by atoms with E-state index in [1.54, 1.807) is 14.2 Å². The second kappa shape index (κ2) is 6.56. The van der Waals surface area contributed by atoms with Gasteiger partial charge < -0.3 is 24.9 Å². The Morgan fingerprint density at radius 1 is 1.22 bits per heavy atom. The number of hydrogen-bond acceptors (Lipinski definition) is 5. The van der Waals surface area contributed by atoms with Gasteiger partial charge in [-0.1, -0.05) is 6.07 Å². The first kappa shape index (κ1) is 17.3. The molecule has 0 saturated carbocycles. The summed E-state index contributed by atoms with van der Waals surface area (Å²) in [4.78, 5) is 3.16. The summed E-state index contributed by atoms with van der Waals surface area (Å²) in [5.41, 5.74) is 9.12. The van der Waals surface area contributed by atoms with Gasteiger partial charge in [0.15, 0.2) is 11.5 Å². The van der Waals surface area contributed by atoms with E-state index in [0.29, 0.717) is 22.8 Å². The number of aromatic nitrogens is 1. The number of ether oxygens (including phenoxy) is 3. The number of nitrogens with one attached hydrogen (secondary N) is 1. The number of halogens is 1. The van der Waals surface area contributed by atoms with Gasteiger partial charge in [-0.2, -0.15) is 5.26 Å². The molecule has 136 valence electrons. The van der Waals surface area contributed by atoms with Gasteiger partial charge in [-0.3, -0.25) is 0 Å². The van der Waals surface area contributed by atoms with Gasteiger partial charge in [0, 0.05) is 22.7 Å². The Morgan fingerprint density at radius 2 is 2.04 bits per heavy atom. The van der Waals surface area contributed by atoms with Gasteiger partial charge in [-0.15, -0.1) is 0 Å². The molecule has 1 aliphatic rings. The van der Waals surface area contributed by atoms with Gasteiger partial charge in [0.05, 0.1) is 24.6 Å². The van der Waals surface area contributed by atoms with Crippen molar-refractivity contribution >= 4 is 26.8 Å². The van der Waals surface area contributed by atoms with Crippen molar-refractivity contribution in [1.82, 2.24) is 4.98 Å². The van der Waals surface area contributed by atoms with E-state index in [1.165, 1.54) is 0 Å². The number of methoxy groups -OCH3 is 2. The summed E-state index contributed by atoms with van der Waals surface area (Å²) >= 11 is 3.52. The third kappa shape index (κ3) is 2.61. The summed E-state index contributed by atoms with van der Waals surface area (Å²) in [6.45, 7) is 0. The molecule has 0 bridgehead atoms. The molecule has 6 nitrogen and oxygen atoms in total. The van der Waals surface area contributed by atoms with Crippen LogP contribution < -0.4 is 19.9 Å². The Hall–Kier alpha value is -3.11. The molecule has 7 heteroatoms. The highest BCUT2D eigenvalue weighted by molar-refractivity contribution is 9.10. The summed E-state index contributed by atoms with van der Waals surface area (Å²) in [7, 11) is 3.15. The van der Waals surface area contributed by atoms with Gasteiger partial charge in [0.1, 0.15) is 17.4 Å². The molecule has 1 aliphatic heterocycles. The van der Waals surface area contributed by atoms with Crippen LogP contribution in [0.5, 0.6) is 17.2 Å². The lowest BCUT2D eigenvalue weighted by atomic mass is 9.83. The fourth-order valence-electron chi connectivity index (χ4n) is 3.50. The quantitative estimate of drug-likeness (QED) is 0.656. The molecule has 0 saturated heterocycles. The molecule has 0 fully saturated rings. The van der Waals surface area contributed by atoms with Gasteiger partial charge >= 0.3 is 0 Å². The van der Waals surface area contributed by atoms with E-state index in [9.17, 15) is 5.26 Å². The summed E-state index contributed by atoms with van der Waals surface area (Å²) < 4.78 is 17.4. The summed E-state index contributed by atoms with van der Waals surface area (Å²) in [6.07, 6.45) is 1.84. The Morgan fingerprint density at radius 3 is 2.74 bits per heavy atom. The number of aromatic amines is 1. The number of benzene rings is 2. The van der Waals surface area contributed by atoms with E-state index in [-0.39, 0.29) is 11.8 Å². The molecule has 0 spiro atoms. The number of nitriles is 1. The van der Waals surface area contributed by atoms with Crippen molar-refractivity contribution in [3.05, 3.63) is 63.6 Å². The molecule has 1 atom stereocenters. The Kier molecular flexibility index (Phi) is 4.21. The second-order valence-electron chi connectivity index (χ2n) is 6.09. The predicted octanol–water partition coefficient (Wildman–Crippen LogP) is 4.17. The fraction of sp³-hybridized carbons (Fsp3) is 0.150. The number of allylic oxidation sites excluding steroid dienone is 1. The van der Waals surface area contributed by atoms with Crippen LogP contribution in [0.3, 0.4) is 0 Å². The van der Waals surface area contributed by atoms with Crippen molar-refractivity contribution in [3.8, 4) is 23.3 Å². The van der Waals surface area contributed by atoms with Crippen molar-refractivity contribution in [3.63, 3.8) is 0 Å². The Labute approximate surface area is 164 Å². The molecule has 1 unspecified atom stereocenters. The summed E-state index contributed by atoms with van der Waals surface area (Å²) in [5, 5.41) is 10.7. The van der Waals surface area contributed by atoms with Crippen LogP contribution in [-0.2, 0) is 0 Å². The van der Waals surface area contributed by atoms with Crippen LogP contribution in [-0.4, -0.2) is 19.2 Å². The van der Waals surface area contributed by atoms with E-state index < -0.39 is 0 Å². The third-order valence-electron chi connectivity index (χ3n) is 4.70. The lowest BCUT2D eigenvalue weighted by Crippen LogP contribution is -2.21. The molecule has 1 aromatic heterocycles. The van der Waals surface area contributed by atoms with Crippen LogP contribution in [0, 0.1) is 11.3 Å². The highest BCUT2D eigenvalue weighted by atomic mass is 79.9. The van der Waals surface area contributed by atoms with Gasteiger partial charge in [-0.05, 0) is 45.8 Å². The molecule has 0 amide bonds. The largest absolute Gasteiger partial charge is 0.493 e. The first-order chi connectivity index (χ1) is 13.1. The zero-order chi connectivity index (χ0) is 19.1. The van der Waals surface area contributed by atoms with Crippen LogP contribution in [0.2, 0.25) is 0 Å². The lowest BCUT2D eigenvalue weighted by molar-refractivity contribution is 0.352. The lowest BCUT2D eigenvalue weighted by Gasteiger charge is -2.27. The molecule has 27 heavy (non-hydrogen) atoms. The van der Waals surface area contributed by atoms with Gasteiger partial charge in [0.25, 0.3) is 0 Å². The van der Waals surface area contributed by atoms with E-state index in [2.05, 4.69) is 27.0 Å². The normalized spacial score (nSPS) is 15.9. The number of fused-ring (bicyclic) bond motifs is 3. The number of rotatable bonds is 3. The first-order valence-corrected chi connectivity index (χ1v) is 8.97. The number of nitrogens with zero attached hydrogens (tertiary/aromatic N) is 1. The highest BCUT2D eigenvalue weighted by Gasteiger charge is 2.33. The van der Waals surface area contributed by atoms with Crippen LogP contribution in [0.15, 0.2) is 52.5 Å². The van der Waals surface area contributed by atoms with Crippen LogP contribution >= 0.6 is 15.9 Å². The number of H-pyrrole nitrogens is 1. The summed E-state index contributed by atoms with van der Waals surface area (Å²) in [5.74, 6) is 1.53. The van der Waals surface area contributed by atoms with Crippen molar-refractivity contribution in [2.24, 2.45) is 5.73 Å². The molecular formula is C20H16BrN3O3. The molecule has 2 heterocycles. The Bertz CT molecular complexity index is 1130. The maximum absolute atomic E-state index is 9.75. The van der Waals surface area contributed by atoms with Crippen LogP contribution in [0.4, 0.5) is 0 Å². The van der Waals surface area contributed by atoms with E-state index in [4.69, 9.17) is 19.9 Å². The monoisotopic (exact) mass is 425 g/mol. The Balaban J connectivity index is 1.99. The highest BCUT2D eigenvalue weighted by Crippen LogP contribution is 2.48. The predicted molar refractivity (Wildman–Crippen MR) is 105 cm³/mol. The third-order valence-corrected chi connectivity index (χ3v) is 5.29.